The minimum atomic E-state index is -4.28. The van der Waals surface area contributed by atoms with Crippen molar-refractivity contribution >= 4 is 31.3 Å². The highest BCUT2D eigenvalue weighted by Crippen LogP contribution is 2.37. The Hall–Kier alpha value is -2.93. The van der Waals surface area contributed by atoms with Crippen LogP contribution in [0.4, 0.5) is 5.69 Å². The van der Waals surface area contributed by atoms with Crippen LogP contribution in [0.15, 0.2) is 23.0 Å². The Kier molecular flexibility index (Phi) is 8.13. The molecule has 0 spiro atoms. The average Bonchev–Trinajstić information content (AvgIpc) is 3.51. The number of sulfonamides is 2. The zero-order chi connectivity index (χ0) is 28.7. The topological polar surface area (TPSA) is 144 Å². The van der Waals surface area contributed by atoms with E-state index < -0.39 is 36.1 Å². The van der Waals surface area contributed by atoms with Crippen LogP contribution in [0, 0.1) is 6.92 Å². The molecule has 0 aliphatic heterocycles. The Labute approximate surface area is 229 Å². The maximum Gasteiger partial charge on any atom is 0.277 e. The van der Waals surface area contributed by atoms with Gasteiger partial charge in [-0.05, 0) is 72.1 Å². The highest BCUT2D eigenvalue weighted by atomic mass is 32.3. The van der Waals surface area contributed by atoms with Gasteiger partial charge in [-0.15, -0.1) is 5.10 Å². The maximum absolute atomic E-state index is 13.3. The van der Waals surface area contributed by atoms with Crippen LogP contribution in [-0.2, 0) is 20.0 Å². The lowest BCUT2D eigenvalue weighted by Gasteiger charge is -2.28. The second kappa shape index (κ2) is 10.9. The van der Waals surface area contributed by atoms with Crippen LogP contribution in [0.2, 0.25) is 0 Å². The number of aromatic nitrogens is 4. The monoisotopic (exact) mass is 579 g/mol. The lowest BCUT2D eigenvalue weighted by molar-refractivity contribution is 0.318. The lowest BCUT2D eigenvalue weighted by atomic mass is 10.1. The first-order chi connectivity index (χ1) is 18.3. The van der Waals surface area contributed by atoms with Gasteiger partial charge in [-0.3, -0.25) is 4.79 Å². The van der Waals surface area contributed by atoms with E-state index in [0.717, 1.165) is 25.7 Å². The van der Waals surface area contributed by atoms with E-state index in [1.54, 1.807) is 11.4 Å². The molecule has 13 heteroatoms. The lowest BCUT2D eigenvalue weighted by Crippen LogP contribution is -2.44. The Balaban J connectivity index is 1.99. The van der Waals surface area contributed by atoms with Gasteiger partial charge in [0.05, 0.1) is 34.1 Å². The molecular formula is C26H37N5O6S2. The van der Waals surface area contributed by atoms with Crippen molar-refractivity contribution in [2.45, 2.75) is 90.1 Å². The predicted octanol–water partition coefficient (Wildman–Crippen LogP) is 4.12. The second-order valence-electron chi connectivity index (χ2n) is 10.5. The van der Waals surface area contributed by atoms with Crippen LogP contribution < -0.4 is 14.0 Å². The van der Waals surface area contributed by atoms with Crippen LogP contribution in [0.1, 0.15) is 84.2 Å². The first-order valence-corrected chi connectivity index (χ1v) is 16.4. The maximum atomic E-state index is 13.3. The SMILES string of the molecule is CCCOc1ccc(N(S(=O)(=O)C(C)C)S(=O)(=O)C(C)C)cc1-c1nn2c(C3CCCC3)nc(C)c2c(=O)[nH]1. The Morgan fingerprint density at radius 2 is 1.69 bits per heavy atom. The molecule has 1 aliphatic carbocycles. The normalized spacial score (nSPS) is 15.1. The first kappa shape index (κ1) is 29.1. The Morgan fingerprint density at radius 3 is 2.26 bits per heavy atom. The summed E-state index contributed by atoms with van der Waals surface area (Å²) < 4.78 is 61.3. The molecular weight excluding hydrogens is 542 g/mol. The molecule has 1 N–H and O–H groups in total. The van der Waals surface area contributed by atoms with Crippen molar-refractivity contribution in [1.29, 1.82) is 0 Å². The minimum absolute atomic E-state index is 0.0863. The number of hydrogen-bond acceptors (Lipinski definition) is 8. The van der Waals surface area contributed by atoms with E-state index in [2.05, 4.69) is 9.97 Å². The quantitative estimate of drug-likeness (QED) is 0.378. The standard InChI is InChI=1S/C26H37N5O6S2/c1-7-14-37-22-13-12-20(31(38(33,34)16(2)3)39(35,36)17(4)5)15-21(22)24-28-26(32)23-18(6)27-25(30(23)29-24)19-10-8-9-11-19/h12-13,15-17,19H,7-11,14H2,1-6H3,(H,28,29,32). The van der Waals surface area contributed by atoms with Crippen molar-refractivity contribution in [2.75, 3.05) is 10.3 Å². The Bertz CT molecular complexity index is 1600. The summed E-state index contributed by atoms with van der Waals surface area (Å²) in [6.45, 7) is 9.77. The van der Waals surface area contributed by atoms with Gasteiger partial charge in [-0.1, -0.05) is 19.8 Å². The molecule has 1 aliphatic rings. The van der Waals surface area contributed by atoms with Crippen molar-refractivity contribution in [3.63, 3.8) is 0 Å². The molecule has 4 rings (SSSR count). The van der Waals surface area contributed by atoms with Gasteiger partial charge in [0.25, 0.3) is 25.6 Å². The molecule has 0 amide bonds. The zero-order valence-corrected chi connectivity index (χ0v) is 24.9. The molecule has 0 radical (unpaired) electrons. The fraction of sp³-hybridized carbons (Fsp3) is 0.577. The summed E-state index contributed by atoms with van der Waals surface area (Å²) >= 11 is 0. The molecule has 1 fully saturated rings. The number of imidazole rings is 1. The average molecular weight is 580 g/mol. The van der Waals surface area contributed by atoms with Crippen molar-refractivity contribution in [3.05, 3.63) is 40.1 Å². The molecule has 39 heavy (non-hydrogen) atoms. The number of anilines is 1. The van der Waals surface area contributed by atoms with E-state index in [1.165, 1.54) is 45.9 Å². The summed E-state index contributed by atoms with van der Waals surface area (Å²) in [4.78, 5) is 20.7. The third-order valence-electron chi connectivity index (χ3n) is 6.97. The molecule has 11 nitrogen and oxygen atoms in total. The van der Waals surface area contributed by atoms with Crippen molar-refractivity contribution in [1.82, 2.24) is 19.6 Å². The van der Waals surface area contributed by atoms with Gasteiger partial charge in [0, 0.05) is 5.92 Å². The highest BCUT2D eigenvalue weighted by Gasteiger charge is 2.39. The van der Waals surface area contributed by atoms with Gasteiger partial charge in [0.1, 0.15) is 11.6 Å². The minimum Gasteiger partial charge on any atom is -0.493 e. The smallest absolute Gasteiger partial charge is 0.277 e. The van der Waals surface area contributed by atoms with Crippen molar-refractivity contribution in [2.24, 2.45) is 0 Å². The number of fused-ring (bicyclic) bond motifs is 1. The molecule has 0 atom stereocenters. The van der Waals surface area contributed by atoms with Crippen LogP contribution in [0.5, 0.6) is 5.75 Å². The Morgan fingerprint density at radius 1 is 1.08 bits per heavy atom. The van der Waals surface area contributed by atoms with Gasteiger partial charge in [0.15, 0.2) is 11.3 Å². The van der Waals surface area contributed by atoms with Gasteiger partial charge in [-0.2, -0.15) is 3.71 Å². The summed E-state index contributed by atoms with van der Waals surface area (Å²) in [5.41, 5.74) is 0.704. The number of hydrogen-bond donors (Lipinski definition) is 1. The molecule has 2 heterocycles. The molecule has 3 aromatic rings. The van der Waals surface area contributed by atoms with Gasteiger partial charge in [0.2, 0.25) is 0 Å². The number of H-pyrrole nitrogens is 1. The van der Waals surface area contributed by atoms with Crippen LogP contribution in [-0.4, -0.2) is 53.5 Å². The predicted molar refractivity (Wildman–Crippen MR) is 151 cm³/mol. The fourth-order valence-electron chi connectivity index (χ4n) is 4.74. The number of benzene rings is 1. The van der Waals surface area contributed by atoms with Crippen molar-refractivity contribution < 1.29 is 21.6 Å². The highest BCUT2D eigenvalue weighted by molar-refractivity contribution is 8.10. The first-order valence-electron chi connectivity index (χ1n) is 13.4. The summed E-state index contributed by atoms with van der Waals surface area (Å²) in [7, 11) is -8.57. The summed E-state index contributed by atoms with van der Waals surface area (Å²) in [6, 6.07) is 4.31. The van der Waals surface area contributed by atoms with Gasteiger partial charge in [-0.25, -0.2) is 26.3 Å². The van der Waals surface area contributed by atoms with Crippen molar-refractivity contribution in [3.8, 4) is 17.1 Å². The van der Waals surface area contributed by atoms with Gasteiger partial charge < -0.3 is 9.72 Å². The van der Waals surface area contributed by atoms with Crippen LogP contribution in [0.3, 0.4) is 0 Å². The number of ether oxygens (including phenoxy) is 1. The molecule has 214 valence electrons. The summed E-state index contributed by atoms with van der Waals surface area (Å²) in [5, 5.41) is 2.74. The van der Waals surface area contributed by atoms with Crippen LogP contribution in [0.25, 0.3) is 16.9 Å². The van der Waals surface area contributed by atoms with E-state index >= 15 is 0 Å². The molecule has 0 saturated heterocycles. The van der Waals surface area contributed by atoms with E-state index in [9.17, 15) is 21.6 Å². The third kappa shape index (κ3) is 5.30. The largest absolute Gasteiger partial charge is 0.493 e. The number of nitrogens with one attached hydrogen (secondary N) is 1. The number of rotatable bonds is 10. The number of aryl methyl sites for hydroxylation is 1. The van der Waals surface area contributed by atoms with Crippen LogP contribution >= 0.6 is 0 Å². The molecule has 1 aromatic carbocycles. The van der Waals surface area contributed by atoms with Gasteiger partial charge >= 0.3 is 0 Å². The number of nitrogens with zero attached hydrogens (tertiary/aromatic N) is 4. The molecule has 1 saturated carbocycles. The molecule has 0 bridgehead atoms. The second-order valence-corrected chi connectivity index (χ2v) is 15.4. The third-order valence-corrected chi connectivity index (χ3v) is 11.9. The van der Waals surface area contributed by atoms with E-state index in [4.69, 9.17) is 9.84 Å². The van der Waals surface area contributed by atoms with E-state index in [-0.39, 0.29) is 23.0 Å². The molecule has 0 unspecified atom stereocenters. The number of aromatic amines is 1. The van der Waals surface area contributed by atoms with E-state index in [1.807, 2.05) is 6.92 Å². The zero-order valence-electron chi connectivity index (χ0n) is 23.3. The molecule has 2 aromatic heterocycles. The summed E-state index contributed by atoms with van der Waals surface area (Å²) in [6.07, 6.45) is 4.77. The summed E-state index contributed by atoms with van der Waals surface area (Å²) in [5.74, 6) is 1.36. The fourth-order valence-corrected chi connectivity index (χ4v) is 8.51. The van der Waals surface area contributed by atoms with E-state index in [0.29, 0.717) is 39.5 Å².